The number of hydrogen-bond donors (Lipinski definition) is 1. The van der Waals surface area contributed by atoms with Gasteiger partial charge in [0, 0.05) is 10.0 Å². The summed E-state index contributed by atoms with van der Waals surface area (Å²) in [6.45, 7) is 3.91. The highest BCUT2D eigenvalue weighted by atomic mass is 79.9. The van der Waals surface area contributed by atoms with E-state index in [-0.39, 0.29) is 0 Å². The number of hydrogen-bond acceptors (Lipinski definition) is 1. The molecule has 1 atom stereocenters. The second-order valence-electron chi connectivity index (χ2n) is 4.36. The molecule has 0 aliphatic heterocycles. The van der Waals surface area contributed by atoms with Crippen molar-refractivity contribution in [1.82, 2.24) is 0 Å². The lowest BCUT2D eigenvalue weighted by Crippen LogP contribution is -2.05. The molecule has 18 heavy (non-hydrogen) atoms. The van der Waals surface area contributed by atoms with E-state index in [4.69, 9.17) is 0 Å². The molecule has 0 aromatic heterocycles. The van der Waals surface area contributed by atoms with E-state index in [0.29, 0.717) is 10.0 Å². The Hall–Kier alpha value is -1.19. The van der Waals surface area contributed by atoms with E-state index in [0.717, 1.165) is 16.7 Å². The molecule has 0 fully saturated rings. The molecule has 2 rings (SSSR count). The SMILES string of the molecule is Cc1cccc(C(O)c2ccc(Br)cc2F)c1C. The monoisotopic (exact) mass is 308 g/mol. The van der Waals surface area contributed by atoms with Crippen LogP contribution in [0.1, 0.15) is 28.4 Å². The number of aliphatic hydroxyl groups excluding tert-OH is 1. The van der Waals surface area contributed by atoms with Crippen LogP contribution < -0.4 is 0 Å². The molecular formula is C15H14BrFO. The summed E-state index contributed by atoms with van der Waals surface area (Å²) in [5.74, 6) is -0.405. The fourth-order valence-corrected chi connectivity index (χ4v) is 2.29. The summed E-state index contributed by atoms with van der Waals surface area (Å²) in [5, 5.41) is 10.3. The van der Waals surface area contributed by atoms with Gasteiger partial charge in [-0.05, 0) is 42.7 Å². The Morgan fingerprint density at radius 2 is 1.83 bits per heavy atom. The van der Waals surface area contributed by atoms with Crippen molar-refractivity contribution in [2.75, 3.05) is 0 Å². The zero-order valence-corrected chi connectivity index (χ0v) is 11.8. The van der Waals surface area contributed by atoms with Crippen LogP contribution in [0.5, 0.6) is 0 Å². The number of rotatable bonds is 2. The summed E-state index contributed by atoms with van der Waals surface area (Å²) >= 11 is 3.21. The lowest BCUT2D eigenvalue weighted by molar-refractivity contribution is 0.214. The van der Waals surface area contributed by atoms with E-state index >= 15 is 0 Å². The standard InChI is InChI=1S/C15H14BrFO/c1-9-4-3-5-12(10(9)2)15(18)13-7-6-11(16)8-14(13)17/h3-8,15,18H,1-2H3. The predicted molar refractivity (Wildman–Crippen MR) is 74.1 cm³/mol. The Morgan fingerprint density at radius 1 is 1.11 bits per heavy atom. The molecule has 1 N–H and O–H groups in total. The van der Waals surface area contributed by atoms with E-state index in [1.54, 1.807) is 12.1 Å². The van der Waals surface area contributed by atoms with Crippen LogP contribution in [0.3, 0.4) is 0 Å². The largest absolute Gasteiger partial charge is 0.384 e. The number of benzene rings is 2. The molecule has 0 saturated heterocycles. The highest BCUT2D eigenvalue weighted by Gasteiger charge is 2.17. The normalized spacial score (nSPS) is 12.5. The molecule has 2 aromatic rings. The number of halogens is 2. The van der Waals surface area contributed by atoms with E-state index in [2.05, 4.69) is 15.9 Å². The Labute approximate surface area is 114 Å². The topological polar surface area (TPSA) is 20.2 Å². The van der Waals surface area contributed by atoms with Gasteiger partial charge >= 0.3 is 0 Å². The smallest absolute Gasteiger partial charge is 0.130 e. The van der Waals surface area contributed by atoms with Crippen molar-refractivity contribution < 1.29 is 9.50 Å². The Morgan fingerprint density at radius 3 is 2.50 bits per heavy atom. The zero-order valence-electron chi connectivity index (χ0n) is 10.2. The predicted octanol–water partition coefficient (Wildman–Crippen LogP) is 4.29. The minimum Gasteiger partial charge on any atom is -0.384 e. The van der Waals surface area contributed by atoms with Crippen molar-refractivity contribution >= 4 is 15.9 Å². The van der Waals surface area contributed by atoms with Crippen molar-refractivity contribution in [2.24, 2.45) is 0 Å². The molecule has 2 aromatic carbocycles. The van der Waals surface area contributed by atoms with E-state index < -0.39 is 11.9 Å². The van der Waals surface area contributed by atoms with Crippen LogP contribution in [0.4, 0.5) is 4.39 Å². The molecule has 3 heteroatoms. The Balaban J connectivity index is 2.48. The second kappa shape index (κ2) is 5.21. The first kappa shape index (κ1) is 13.2. The van der Waals surface area contributed by atoms with Crippen LogP contribution in [0.2, 0.25) is 0 Å². The van der Waals surface area contributed by atoms with Gasteiger partial charge < -0.3 is 5.11 Å². The third-order valence-corrected chi connectivity index (χ3v) is 3.69. The van der Waals surface area contributed by atoms with Crippen molar-refractivity contribution in [3.63, 3.8) is 0 Å². The first-order valence-electron chi connectivity index (χ1n) is 5.70. The number of aliphatic hydroxyl groups is 1. The van der Waals surface area contributed by atoms with Crippen LogP contribution in [0.15, 0.2) is 40.9 Å². The first-order chi connectivity index (χ1) is 8.50. The van der Waals surface area contributed by atoms with Crippen LogP contribution in [-0.2, 0) is 0 Å². The summed E-state index contributed by atoms with van der Waals surface area (Å²) < 4.78 is 14.5. The lowest BCUT2D eigenvalue weighted by atomic mass is 9.94. The zero-order chi connectivity index (χ0) is 13.3. The molecule has 0 spiro atoms. The molecule has 0 heterocycles. The first-order valence-corrected chi connectivity index (χ1v) is 6.49. The molecule has 0 amide bonds. The van der Waals surface area contributed by atoms with Crippen molar-refractivity contribution in [3.05, 3.63) is 68.9 Å². The van der Waals surface area contributed by atoms with Crippen LogP contribution in [0, 0.1) is 19.7 Å². The summed E-state index contributed by atoms with van der Waals surface area (Å²) in [5.41, 5.74) is 3.12. The molecule has 1 unspecified atom stereocenters. The summed E-state index contributed by atoms with van der Waals surface area (Å²) in [6.07, 6.45) is -0.932. The van der Waals surface area contributed by atoms with Crippen LogP contribution >= 0.6 is 15.9 Å². The minimum atomic E-state index is -0.932. The van der Waals surface area contributed by atoms with Crippen molar-refractivity contribution in [3.8, 4) is 0 Å². The molecule has 0 aliphatic rings. The Kier molecular flexibility index (Phi) is 3.83. The van der Waals surface area contributed by atoms with Gasteiger partial charge in [0.1, 0.15) is 11.9 Å². The highest BCUT2D eigenvalue weighted by Crippen LogP contribution is 2.29. The summed E-state index contributed by atoms with van der Waals surface area (Å²) in [6, 6.07) is 10.4. The summed E-state index contributed by atoms with van der Waals surface area (Å²) in [4.78, 5) is 0. The highest BCUT2D eigenvalue weighted by molar-refractivity contribution is 9.10. The van der Waals surface area contributed by atoms with Gasteiger partial charge in [0.05, 0.1) is 0 Å². The molecule has 0 saturated carbocycles. The fraction of sp³-hybridized carbons (Fsp3) is 0.200. The molecule has 1 nitrogen and oxygen atoms in total. The minimum absolute atomic E-state index is 0.298. The van der Waals surface area contributed by atoms with Gasteiger partial charge in [-0.25, -0.2) is 4.39 Å². The van der Waals surface area contributed by atoms with E-state index in [9.17, 15) is 9.50 Å². The van der Waals surface area contributed by atoms with Crippen LogP contribution in [0.25, 0.3) is 0 Å². The van der Waals surface area contributed by atoms with Gasteiger partial charge in [0.15, 0.2) is 0 Å². The summed E-state index contributed by atoms with van der Waals surface area (Å²) in [7, 11) is 0. The lowest BCUT2D eigenvalue weighted by Gasteiger charge is -2.16. The average Bonchev–Trinajstić information content (AvgIpc) is 2.32. The average molecular weight is 309 g/mol. The molecule has 94 valence electrons. The van der Waals surface area contributed by atoms with Gasteiger partial charge in [-0.15, -0.1) is 0 Å². The van der Waals surface area contributed by atoms with Gasteiger partial charge in [-0.2, -0.15) is 0 Å². The van der Waals surface area contributed by atoms with Gasteiger partial charge in [-0.3, -0.25) is 0 Å². The van der Waals surface area contributed by atoms with Crippen molar-refractivity contribution in [1.29, 1.82) is 0 Å². The van der Waals surface area contributed by atoms with E-state index in [1.807, 2.05) is 32.0 Å². The molecule has 0 radical (unpaired) electrons. The maximum atomic E-state index is 13.8. The fourth-order valence-electron chi connectivity index (χ4n) is 1.96. The molecule has 0 aliphatic carbocycles. The number of aryl methyl sites for hydroxylation is 1. The Bertz CT molecular complexity index is 581. The molecule has 0 bridgehead atoms. The quantitative estimate of drug-likeness (QED) is 0.877. The molecular weight excluding hydrogens is 295 g/mol. The van der Waals surface area contributed by atoms with Crippen molar-refractivity contribution in [2.45, 2.75) is 20.0 Å². The van der Waals surface area contributed by atoms with Crippen LogP contribution in [-0.4, -0.2) is 5.11 Å². The maximum absolute atomic E-state index is 13.8. The third kappa shape index (κ3) is 2.47. The van der Waals surface area contributed by atoms with Gasteiger partial charge in [-0.1, -0.05) is 40.2 Å². The second-order valence-corrected chi connectivity index (χ2v) is 5.27. The maximum Gasteiger partial charge on any atom is 0.130 e. The van der Waals surface area contributed by atoms with E-state index in [1.165, 1.54) is 6.07 Å². The third-order valence-electron chi connectivity index (χ3n) is 3.20. The van der Waals surface area contributed by atoms with Gasteiger partial charge in [0.2, 0.25) is 0 Å². The van der Waals surface area contributed by atoms with Gasteiger partial charge in [0.25, 0.3) is 0 Å².